The molecule has 3 rings (SSSR count). The summed E-state index contributed by atoms with van der Waals surface area (Å²) in [7, 11) is 0. The van der Waals surface area contributed by atoms with Crippen molar-refractivity contribution in [1.82, 2.24) is 15.2 Å². The topological polar surface area (TPSA) is 31.4 Å². The van der Waals surface area contributed by atoms with Crippen molar-refractivity contribution in [1.29, 1.82) is 0 Å². The quantitative estimate of drug-likeness (QED) is 0.842. The van der Waals surface area contributed by atoms with Gasteiger partial charge < -0.3 is 10.2 Å². The maximum Gasteiger partial charge on any atom is 0.129 e. The standard InChI is InChI=1S/C17H28N4/c1-3-7-18-11-15-6-8-19-17(10-15)21-13-16-5-4-9-20(16)12-14(21)2/h6,8,10,14,16,18H,3-5,7,9,11-13H2,1-2H3. The molecule has 0 aliphatic carbocycles. The van der Waals surface area contributed by atoms with Gasteiger partial charge in [-0.25, -0.2) is 4.98 Å². The molecule has 116 valence electrons. The number of nitrogens with one attached hydrogen (secondary N) is 1. The smallest absolute Gasteiger partial charge is 0.129 e. The van der Waals surface area contributed by atoms with Gasteiger partial charge in [-0.15, -0.1) is 0 Å². The molecule has 2 unspecified atom stereocenters. The summed E-state index contributed by atoms with van der Waals surface area (Å²) in [5.74, 6) is 1.16. The average Bonchev–Trinajstić information content (AvgIpc) is 2.94. The van der Waals surface area contributed by atoms with Crippen molar-refractivity contribution in [2.45, 2.75) is 51.7 Å². The summed E-state index contributed by atoms with van der Waals surface area (Å²) in [6.07, 6.45) is 5.85. The SMILES string of the molecule is CCCNCc1ccnc(N2CC3CCCN3CC2C)c1. The monoisotopic (exact) mass is 288 g/mol. The number of piperazine rings is 1. The first kappa shape index (κ1) is 14.8. The lowest BCUT2D eigenvalue weighted by Crippen LogP contribution is -2.55. The Morgan fingerprint density at radius 2 is 2.29 bits per heavy atom. The second-order valence-electron chi connectivity index (χ2n) is 6.49. The second kappa shape index (κ2) is 6.75. The van der Waals surface area contributed by atoms with Gasteiger partial charge in [0.15, 0.2) is 0 Å². The Hall–Kier alpha value is -1.13. The molecule has 1 aromatic rings. The number of aromatic nitrogens is 1. The lowest BCUT2D eigenvalue weighted by Gasteiger charge is -2.43. The first-order chi connectivity index (χ1) is 10.3. The lowest BCUT2D eigenvalue weighted by molar-refractivity contribution is 0.202. The van der Waals surface area contributed by atoms with Gasteiger partial charge in [0, 0.05) is 37.9 Å². The van der Waals surface area contributed by atoms with Crippen LogP contribution in [0.25, 0.3) is 0 Å². The molecule has 0 spiro atoms. The van der Waals surface area contributed by atoms with Crippen LogP contribution in [-0.4, -0.2) is 48.1 Å². The fourth-order valence-corrected chi connectivity index (χ4v) is 3.64. The Bertz CT molecular complexity index is 462. The Morgan fingerprint density at radius 3 is 3.14 bits per heavy atom. The third-order valence-electron chi connectivity index (χ3n) is 4.80. The molecule has 2 aliphatic rings. The van der Waals surface area contributed by atoms with Crippen molar-refractivity contribution in [2.75, 3.05) is 31.1 Å². The van der Waals surface area contributed by atoms with Crippen LogP contribution >= 0.6 is 0 Å². The maximum absolute atomic E-state index is 4.64. The number of anilines is 1. The normalized spacial score (nSPS) is 26.1. The zero-order valence-corrected chi connectivity index (χ0v) is 13.4. The van der Waals surface area contributed by atoms with Gasteiger partial charge in [-0.05, 0) is 57.0 Å². The highest BCUT2D eigenvalue weighted by Crippen LogP contribution is 2.27. The lowest BCUT2D eigenvalue weighted by atomic mass is 10.1. The van der Waals surface area contributed by atoms with Gasteiger partial charge in [-0.2, -0.15) is 0 Å². The van der Waals surface area contributed by atoms with Gasteiger partial charge in [0.05, 0.1) is 0 Å². The summed E-state index contributed by atoms with van der Waals surface area (Å²) in [4.78, 5) is 9.81. The molecule has 2 fully saturated rings. The maximum atomic E-state index is 4.64. The minimum absolute atomic E-state index is 0.561. The van der Waals surface area contributed by atoms with Gasteiger partial charge in [0.2, 0.25) is 0 Å². The van der Waals surface area contributed by atoms with E-state index < -0.39 is 0 Å². The number of hydrogen-bond donors (Lipinski definition) is 1. The van der Waals surface area contributed by atoms with Crippen LogP contribution in [0.2, 0.25) is 0 Å². The van der Waals surface area contributed by atoms with Crippen LogP contribution < -0.4 is 10.2 Å². The van der Waals surface area contributed by atoms with Crippen molar-refractivity contribution in [2.24, 2.45) is 0 Å². The Balaban J connectivity index is 1.69. The Morgan fingerprint density at radius 1 is 1.38 bits per heavy atom. The van der Waals surface area contributed by atoms with Crippen molar-refractivity contribution in [3.05, 3.63) is 23.9 Å². The van der Waals surface area contributed by atoms with E-state index >= 15 is 0 Å². The molecule has 0 radical (unpaired) electrons. The molecule has 4 nitrogen and oxygen atoms in total. The number of pyridine rings is 1. The largest absolute Gasteiger partial charge is 0.351 e. The van der Waals surface area contributed by atoms with E-state index in [1.54, 1.807) is 0 Å². The molecular weight excluding hydrogens is 260 g/mol. The molecule has 1 aromatic heterocycles. The molecule has 0 bridgehead atoms. The first-order valence-electron chi connectivity index (χ1n) is 8.44. The summed E-state index contributed by atoms with van der Waals surface area (Å²) < 4.78 is 0. The third-order valence-corrected chi connectivity index (χ3v) is 4.80. The highest BCUT2D eigenvalue weighted by molar-refractivity contribution is 5.43. The molecule has 0 saturated carbocycles. The minimum atomic E-state index is 0.561. The molecule has 2 aliphatic heterocycles. The number of hydrogen-bond acceptors (Lipinski definition) is 4. The molecule has 21 heavy (non-hydrogen) atoms. The molecule has 3 heterocycles. The van der Waals surface area contributed by atoms with E-state index in [4.69, 9.17) is 0 Å². The molecule has 0 aromatic carbocycles. The predicted molar refractivity (Wildman–Crippen MR) is 87.6 cm³/mol. The van der Waals surface area contributed by atoms with E-state index in [2.05, 4.69) is 46.1 Å². The summed E-state index contributed by atoms with van der Waals surface area (Å²) in [5, 5.41) is 3.48. The Labute approximate surface area is 128 Å². The summed E-state index contributed by atoms with van der Waals surface area (Å²) in [6, 6.07) is 5.70. The molecular formula is C17H28N4. The van der Waals surface area contributed by atoms with Gasteiger partial charge in [0.1, 0.15) is 5.82 Å². The summed E-state index contributed by atoms with van der Waals surface area (Å²) >= 11 is 0. The minimum Gasteiger partial charge on any atom is -0.351 e. The first-order valence-corrected chi connectivity index (χ1v) is 8.44. The second-order valence-corrected chi connectivity index (χ2v) is 6.49. The highest BCUT2D eigenvalue weighted by Gasteiger charge is 2.34. The zero-order valence-electron chi connectivity index (χ0n) is 13.4. The van der Waals surface area contributed by atoms with Crippen molar-refractivity contribution in [3.8, 4) is 0 Å². The van der Waals surface area contributed by atoms with E-state index in [0.717, 1.165) is 31.5 Å². The Kier molecular flexibility index (Phi) is 4.76. The molecule has 2 atom stereocenters. The van der Waals surface area contributed by atoms with E-state index in [1.807, 2.05) is 6.20 Å². The summed E-state index contributed by atoms with van der Waals surface area (Å²) in [6.45, 7) is 10.2. The van der Waals surface area contributed by atoms with Crippen LogP contribution in [0.3, 0.4) is 0 Å². The van der Waals surface area contributed by atoms with Crippen LogP contribution in [0, 0.1) is 0 Å². The fraction of sp³-hybridized carbons (Fsp3) is 0.706. The molecule has 2 saturated heterocycles. The number of fused-ring (bicyclic) bond motifs is 1. The average molecular weight is 288 g/mol. The number of nitrogens with zero attached hydrogens (tertiary/aromatic N) is 3. The predicted octanol–water partition coefficient (Wildman–Crippen LogP) is 2.25. The van der Waals surface area contributed by atoms with Gasteiger partial charge >= 0.3 is 0 Å². The van der Waals surface area contributed by atoms with Gasteiger partial charge in [0.25, 0.3) is 0 Å². The van der Waals surface area contributed by atoms with Gasteiger partial charge in [-0.1, -0.05) is 6.92 Å². The molecule has 4 heteroatoms. The summed E-state index contributed by atoms with van der Waals surface area (Å²) in [5.41, 5.74) is 1.34. The van der Waals surface area contributed by atoms with Crippen LogP contribution in [0.4, 0.5) is 5.82 Å². The van der Waals surface area contributed by atoms with Crippen LogP contribution in [0.15, 0.2) is 18.3 Å². The van der Waals surface area contributed by atoms with E-state index in [0.29, 0.717) is 6.04 Å². The fourth-order valence-electron chi connectivity index (χ4n) is 3.64. The molecule has 0 amide bonds. The van der Waals surface area contributed by atoms with E-state index in [9.17, 15) is 0 Å². The van der Waals surface area contributed by atoms with Gasteiger partial charge in [-0.3, -0.25) is 4.90 Å². The molecule has 1 N–H and O–H groups in total. The highest BCUT2D eigenvalue weighted by atomic mass is 15.3. The van der Waals surface area contributed by atoms with Crippen molar-refractivity contribution < 1.29 is 0 Å². The third kappa shape index (κ3) is 3.38. The van der Waals surface area contributed by atoms with E-state index in [1.165, 1.54) is 37.9 Å². The van der Waals surface area contributed by atoms with Crippen molar-refractivity contribution in [3.63, 3.8) is 0 Å². The van der Waals surface area contributed by atoms with Crippen LogP contribution in [-0.2, 0) is 6.54 Å². The van der Waals surface area contributed by atoms with Crippen molar-refractivity contribution >= 4 is 5.82 Å². The zero-order chi connectivity index (χ0) is 14.7. The number of rotatable bonds is 5. The van der Waals surface area contributed by atoms with Crippen LogP contribution in [0.5, 0.6) is 0 Å². The van der Waals surface area contributed by atoms with Crippen LogP contribution in [0.1, 0.15) is 38.7 Å². The van der Waals surface area contributed by atoms with E-state index in [-0.39, 0.29) is 0 Å².